The van der Waals surface area contributed by atoms with E-state index in [1.54, 1.807) is 36.4 Å². The lowest BCUT2D eigenvalue weighted by Gasteiger charge is -2.24. The molecule has 4 rings (SSSR count). The van der Waals surface area contributed by atoms with Crippen LogP contribution < -0.4 is 0 Å². The maximum absolute atomic E-state index is 13.6. The summed E-state index contributed by atoms with van der Waals surface area (Å²) in [6, 6.07) is 27.4. The minimum atomic E-state index is -3.63. The van der Waals surface area contributed by atoms with Crippen molar-refractivity contribution in [2.24, 2.45) is 0 Å². The Morgan fingerprint density at radius 1 is 0.741 bits per heavy atom. The molecule has 1 saturated heterocycles. The number of sulfone groups is 1. The highest BCUT2D eigenvalue weighted by Gasteiger charge is 2.50. The molecule has 1 fully saturated rings. The van der Waals surface area contributed by atoms with Crippen LogP contribution in [-0.2, 0) is 14.7 Å². The molecule has 0 aliphatic carbocycles. The minimum Gasteiger partial charge on any atom is -0.289 e. The molecule has 1 aliphatic rings. The topological polar surface area (TPSA) is 46.6 Å². The predicted molar refractivity (Wildman–Crippen MR) is 105 cm³/mol. The van der Waals surface area contributed by atoms with E-state index in [0.717, 1.165) is 11.1 Å². The number of rotatable bonds is 4. The van der Waals surface area contributed by atoms with Gasteiger partial charge in [0.15, 0.2) is 9.84 Å². The van der Waals surface area contributed by atoms with Crippen molar-refractivity contribution in [3.05, 3.63) is 102 Å². The second-order valence-electron chi connectivity index (χ2n) is 6.66. The van der Waals surface area contributed by atoms with Crippen molar-refractivity contribution in [2.75, 3.05) is 7.05 Å². The lowest BCUT2D eigenvalue weighted by molar-refractivity contribution is -0.145. The zero-order chi connectivity index (χ0) is 18.9. The molecule has 27 heavy (non-hydrogen) atoms. The Kier molecular flexibility index (Phi) is 4.83. The molecule has 3 aromatic carbocycles. The van der Waals surface area contributed by atoms with E-state index in [1.165, 1.54) is 0 Å². The fraction of sp³-hybridized carbons (Fsp3) is 0.182. The molecule has 138 valence electrons. The Hall–Kier alpha value is -2.47. The van der Waals surface area contributed by atoms with Gasteiger partial charge in [0, 0.05) is 7.05 Å². The summed E-state index contributed by atoms with van der Waals surface area (Å²) in [5, 5.41) is 0.924. The van der Waals surface area contributed by atoms with Gasteiger partial charge in [0.05, 0.1) is 10.9 Å². The average molecular weight is 379 g/mol. The largest absolute Gasteiger partial charge is 0.289 e. The van der Waals surface area contributed by atoms with Crippen LogP contribution in [0, 0.1) is 0 Å². The molecule has 0 unspecified atom stereocenters. The molecular weight excluding hydrogens is 358 g/mol. The van der Waals surface area contributed by atoms with Crippen LogP contribution in [0.25, 0.3) is 0 Å². The van der Waals surface area contributed by atoms with E-state index < -0.39 is 27.2 Å². The zero-order valence-corrected chi connectivity index (χ0v) is 15.8. The number of hydrogen-bond donors (Lipinski definition) is 0. The van der Waals surface area contributed by atoms with Gasteiger partial charge >= 0.3 is 0 Å². The Morgan fingerprint density at radius 3 is 1.78 bits per heavy atom. The van der Waals surface area contributed by atoms with E-state index in [9.17, 15) is 8.42 Å². The second-order valence-corrected chi connectivity index (χ2v) is 8.77. The molecule has 0 spiro atoms. The van der Waals surface area contributed by atoms with Crippen LogP contribution in [-0.4, -0.2) is 25.8 Å². The molecule has 0 radical (unpaired) electrons. The first-order valence-electron chi connectivity index (χ1n) is 8.87. The summed E-state index contributed by atoms with van der Waals surface area (Å²) in [4.78, 5) is 6.40. The molecule has 5 heteroatoms. The van der Waals surface area contributed by atoms with Crippen LogP contribution in [0.2, 0.25) is 0 Å². The van der Waals surface area contributed by atoms with Crippen LogP contribution in [0.1, 0.15) is 23.3 Å². The summed E-state index contributed by atoms with van der Waals surface area (Å²) in [6.45, 7) is 0. The molecule has 0 bridgehead atoms. The number of nitrogens with zero attached hydrogens (tertiary/aromatic N) is 1. The summed E-state index contributed by atoms with van der Waals surface area (Å²) < 4.78 is 27.3. The lowest BCUT2D eigenvalue weighted by atomic mass is 9.97. The van der Waals surface area contributed by atoms with E-state index >= 15 is 0 Å². The standard InChI is InChI=1S/C22H21NO3S/c1-23-20(17-11-5-2-6-12-17)22(21(26-23)18-13-7-3-8-14-18)27(24,25)19-15-9-4-10-16-19/h2-16,20-22H,1H3/t20-,21-,22+/m1/s1. The van der Waals surface area contributed by atoms with Crippen molar-refractivity contribution in [3.63, 3.8) is 0 Å². The van der Waals surface area contributed by atoms with Crippen molar-refractivity contribution in [2.45, 2.75) is 22.3 Å². The fourth-order valence-electron chi connectivity index (χ4n) is 3.72. The molecule has 1 aliphatic heterocycles. The van der Waals surface area contributed by atoms with Gasteiger partial charge in [0.25, 0.3) is 0 Å². The van der Waals surface area contributed by atoms with Crippen LogP contribution in [0.4, 0.5) is 0 Å². The highest BCUT2D eigenvalue weighted by Crippen LogP contribution is 2.46. The van der Waals surface area contributed by atoms with Gasteiger partial charge in [-0.15, -0.1) is 0 Å². The number of hydroxylamine groups is 2. The van der Waals surface area contributed by atoms with Crippen molar-refractivity contribution < 1.29 is 13.3 Å². The second kappa shape index (κ2) is 7.27. The molecule has 1 heterocycles. The Balaban J connectivity index is 1.87. The van der Waals surface area contributed by atoms with E-state index in [1.807, 2.05) is 66.7 Å². The first-order valence-corrected chi connectivity index (χ1v) is 10.4. The predicted octanol–water partition coefficient (Wildman–Crippen LogP) is 4.19. The molecule has 0 amide bonds. The monoisotopic (exact) mass is 379 g/mol. The van der Waals surface area contributed by atoms with Gasteiger partial charge < -0.3 is 0 Å². The Labute approximate surface area is 159 Å². The summed E-state index contributed by atoms with van der Waals surface area (Å²) in [6.07, 6.45) is -0.577. The highest BCUT2D eigenvalue weighted by molar-refractivity contribution is 7.92. The molecule has 3 aromatic rings. The van der Waals surface area contributed by atoms with Gasteiger partial charge in [-0.2, -0.15) is 5.06 Å². The zero-order valence-electron chi connectivity index (χ0n) is 15.0. The van der Waals surface area contributed by atoms with Crippen molar-refractivity contribution in [3.8, 4) is 0 Å². The van der Waals surface area contributed by atoms with E-state index in [0.29, 0.717) is 4.90 Å². The first kappa shape index (κ1) is 17.9. The molecule has 3 atom stereocenters. The van der Waals surface area contributed by atoms with Gasteiger partial charge in [0.2, 0.25) is 0 Å². The quantitative estimate of drug-likeness (QED) is 0.682. The number of hydrogen-bond acceptors (Lipinski definition) is 4. The summed E-state index contributed by atoms with van der Waals surface area (Å²) in [5.74, 6) is 0. The van der Waals surface area contributed by atoms with Gasteiger partial charge in [-0.3, -0.25) is 4.84 Å². The van der Waals surface area contributed by atoms with Crippen molar-refractivity contribution in [1.29, 1.82) is 0 Å². The minimum absolute atomic E-state index is 0.316. The van der Waals surface area contributed by atoms with Crippen LogP contribution in [0.15, 0.2) is 95.9 Å². The normalized spacial score (nSPS) is 23.4. The molecule has 0 N–H and O–H groups in total. The summed E-state index contributed by atoms with van der Waals surface area (Å²) in [5.41, 5.74) is 1.77. The van der Waals surface area contributed by atoms with Crippen molar-refractivity contribution in [1.82, 2.24) is 5.06 Å². The third-order valence-corrected chi connectivity index (χ3v) is 7.13. The van der Waals surface area contributed by atoms with Crippen molar-refractivity contribution >= 4 is 9.84 Å². The van der Waals surface area contributed by atoms with Gasteiger partial charge in [-0.25, -0.2) is 8.42 Å². The van der Waals surface area contributed by atoms with Crippen LogP contribution in [0.3, 0.4) is 0 Å². The molecule has 0 aromatic heterocycles. The third-order valence-electron chi connectivity index (χ3n) is 4.98. The summed E-state index contributed by atoms with van der Waals surface area (Å²) in [7, 11) is -1.83. The number of benzene rings is 3. The highest BCUT2D eigenvalue weighted by atomic mass is 32.2. The van der Waals surface area contributed by atoms with Crippen LogP contribution >= 0.6 is 0 Å². The van der Waals surface area contributed by atoms with Gasteiger partial charge in [-0.1, -0.05) is 78.9 Å². The molecule has 4 nitrogen and oxygen atoms in total. The van der Waals surface area contributed by atoms with Crippen LogP contribution in [0.5, 0.6) is 0 Å². The molecule has 0 saturated carbocycles. The van der Waals surface area contributed by atoms with Gasteiger partial charge in [0.1, 0.15) is 11.4 Å². The average Bonchev–Trinajstić information content (AvgIpc) is 3.08. The Bertz CT molecular complexity index is 992. The maximum atomic E-state index is 13.6. The fourth-order valence-corrected chi connectivity index (χ4v) is 5.77. The van der Waals surface area contributed by atoms with E-state index in [2.05, 4.69) is 0 Å². The molecular formula is C22H21NO3S. The smallest absolute Gasteiger partial charge is 0.186 e. The third kappa shape index (κ3) is 3.30. The van der Waals surface area contributed by atoms with E-state index in [-0.39, 0.29) is 0 Å². The first-order chi connectivity index (χ1) is 13.1. The maximum Gasteiger partial charge on any atom is 0.186 e. The summed E-state index contributed by atoms with van der Waals surface area (Å²) >= 11 is 0. The van der Waals surface area contributed by atoms with E-state index in [4.69, 9.17) is 4.84 Å². The van der Waals surface area contributed by atoms with Gasteiger partial charge in [-0.05, 0) is 23.3 Å². The lowest BCUT2D eigenvalue weighted by Crippen LogP contribution is -2.32. The Morgan fingerprint density at radius 2 is 1.22 bits per heavy atom. The SMILES string of the molecule is CN1O[C@H](c2ccccc2)[C@@H](S(=O)(=O)c2ccccc2)[C@H]1c1ccccc1.